The van der Waals surface area contributed by atoms with E-state index >= 15 is 0 Å². The van der Waals surface area contributed by atoms with E-state index in [-0.39, 0.29) is 17.4 Å². The number of nitrogens with one attached hydrogen (secondary N) is 1. The maximum Gasteiger partial charge on any atom is 0.252 e. The number of rotatable bonds is 2. The van der Waals surface area contributed by atoms with Crippen LogP contribution in [0.5, 0.6) is 0 Å². The number of anilines is 1. The summed E-state index contributed by atoms with van der Waals surface area (Å²) in [6.45, 7) is 1.80. The Morgan fingerprint density at radius 3 is 2.72 bits per heavy atom. The summed E-state index contributed by atoms with van der Waals surface area (Å²) < 4.78 is 15.9. The lowest BCUT2D eigenvalue weighted by atomic mass is 9.85. The molecule has 0 saturated heterocycles. The number of fused-ring (bicyclic) bond motifs is 1. The summed E-state index contributed by atoms with van der Waals surface area (Å²) in [7, 11) is 0. The molecule has 2 aromatic heterocycles. The monoisotopic (exact) mass is 357 g/mol. The molecule has 6 nitrogen and oxygen atoms in total. The molecule has 0 spiro atoms. The van der Waals surface area contributed by atoms with Crippen molar-refractivity contribution in [3.8, 4) is 5.95 Å². The van der Waals surface area contributed by atoms with Crippen molar-refractivity contribution in [3.63, 3.8) is 0 Å². The van der Waals surface area contributed by atoms with Crippen molar-refractivity contribution in [3.05, 3.63) is 64.3 Å². The van der Waals surface area contributed by atoms with Gasteiger partial charge in [0.1, 0.15) is 11.6 Å². The quantitative estimate of drug-likeness (QED) is 0.764. The maximum atomic E-state index is 14.4. The zero-order chi connectivity index (χ0) is 17.6. The van der Waals surface area contributed by atoms with Gasteiger partial charge < -0.3 is 5.32 Å². The lowest BCUT2D eigenvalue weighted by Gasteiger charge is -2.25. The van der Waals surface area contributed by atoms with E-state index in [1.807, 2.05) is 0 Å². The van der Waals surface area contributed by atoms with E-state index in [1.54, 1.807) is 37.5 Å². The Hall–Kier alpha value is -2.80. The van der Waals surface area contributed by atoms with Crippen molar-refractivity contribution < 1.29 is 9.18 Å². The topological polar surface area (TPSA) is 72.7 Å². The number of halogens is 2. The van der Waals surface area contributed by atoms with E-state index in [0.29, 0.717) is 23.0 Å². The molecule has 1 amide bonds. The molecule has 1 aliphatic heterocycles. The summed E-state index contributed by atoms with van der Waals surface area (Å²) in [4.78, 5) is 20.6. The van der Waals surface area contributed by atoms with Crippen LogP contribution < -0.4 is 5.32 Å². The second-order valence-electron chi connectivity index (χ2n) is 5.75. The largest absolute Gasteiger partial charge is 0.310 e. The fourth-order valence-corrected chi connectivity index (χ4v) is 3.48. The zero-order valence-corrected chi connectivity index (χ0v) is 14.0. The van der Waals surface area contributed by atoms with Crippen LogP contribution in [0.2, 0.25) is 5.02 Å². The van der Waals surface area contributed by atoms with Gasteiger partial charge in [0.25, 0.3) is 5.95 Å². The molecule has 1 unspecified atom stereocenters. The van der Waals surface area contributed by atoms with Gasteiger partial charge in [-0.25, -0.2) is 14.4 Å². The number of nitrogens with zero attached hydrogens (tertiary/aromatic N) is 4. The molecule has 3 aromatic rings. The third kappa shape index (κ3) is 2.56. The minimum atomic E-state index is -0.519. The number of hydrogen-bond donors (Lipinski definition) is 1. The lowest BCUT2D eigenvalue weighted by Crippen LogP contribution is -2.25. The van der Waals surface area contributed by atoms with Crippen LogP contribution in [0.4, 0.5) is 10.2 Å². The standard InChI is InChI=1S/C17H13ClFN5O/c1-9-14-10(15-11(18)4-2-5-12(15)19)8-13(25)22-16(14)24(23-9)17-20-6-3-7-21-17/h2-7,10H,8H2,1H3,(H,22,25). The summed E-state index contributed by atoms with van der Waals surface area (Å²) in [6, 6.07) is 6.19. The van der Waals surface area contributed by atoms with E-state index in [1.165, 1.54) is 10.7 Å². The molecule has 0 saturated carbocycles. The van der Waals surface area contributed by atoms with Crippen molar-refractivity contribution in [1.82, 2.24) is 19.7 Å². The van der Waals surface area contributed by atoms with Crippen LogP contribution in [0.3, 0.4) is 0 Å². The van der Waals surface area contributed by atoms with Gasteiger partial charge in [0.2, 0.25) is 5.91 Å². The minimum Gasteiger partial charge on any atom is -0.310 e. The number of hydrogen-bond acceptors (Lipinski definition) is 4. The Bertz CT molecular complexity index is 952. The Balaban J connectivity index is 1.94. The van der Waals surface area contributed by atoms with E-state index in [4.69, 9.17) is 11.6 Å². The Kier molecular flexibility index (Phi) is 3.73. The number of amides is 1. The molecular formula is C17H13ClFN5O. The van der Waals surface area contributed by atoms with E-state index in [9.17, 15) is 9.18 Å². The first kappa shape index (κ1) is 15.7. The summed E-state index contributed by atoms with van der Waals surface area (Å²) in [5.41, 5.74) is 1.68. The first-order valence-corrected chi connectivity index (χ1v) is 8.04. The first-order chi connectivity index (χ1) is 12.1. The zero-order valence-electron chi connectivity index (χ0n) is 13.2. The SMILES string of the molecule is Cc1nn(-c2ncccn2)c2c1C(c1c(F)cccc1Cl)CC(=O)N2. The van der Waals surface area contributed by atoms with Gasteiger partial charge in [0, 0.05) is 40.9 Å². The summed E-state index contributed by atoms with van der Waals surface area (Å²) in [6.07, 6.45) is 3.26. The molecule has 0 aliphatic carbocycles. The number of benzene rings is 1. The van der Waals surface area contributed by atoms with Crippen molar-refractivity contribution in [2.45, 2.75) is 19.3 Å². The third-order valence-corrected chi connectivity index (χ3v) is 4.52. The van der Waals surface area contributed by atoms with Crippen LogP contribution in [0.1, 0.15) is 29.2 Å². The molecule has 1 aliphatic rings. The maximum absolute atomic E-state index is 14.4. The predicted octanol–water partition coefficient (Wildman–Crippen LogP) is 3.24. The summed E-state index contributed by atoms with van der Waals surface area (Å²) in [5.74, 6) is -0.429. The smallest absolute Gasteiger partial charge is 0.252 e. The van der Waals surface area contributed by atoms with Crippen LogP contribution in [0, 0.1) is 12.7 Å². The fourth-order valence-electron chi connectivity index (χ4n) is 3.18. The molecule has 126 valence electrons. The second-order valence-corrected chi connectivity index (χ2v) is 6.16. The molecule has 8 heteroatoms. The molecule has 0 bridgehead atoms. The Morgan fingerprint density at radius 1 is 1.24 bits per heavy atom. The van der Waals surface area contributed by atoms with Gasteiger partial charge in [-0.05, 0) is 25.1 Å². The number of aromatic nitrogens is 4. The van der Waals surface area contributed by atoms with Crippen LogP contribution in [-0.4, -0.2) is 25.7 Å². The first-order valence-electron chi connectivity index (χ1n) is 7.67. The average molecular weight is 358 g/mol. The molecule has 25 heavy (non-hydrogen) atoms. The van der Waals surface area contributed by atoms with Crippen molar-refractivity contribution in [1.29, 1.82) is 0 Å². The molecular weight excluding hydrogens is 345 g/mol. The van der Waals surface area contributed by atoms with Crippen molar-refractivity contribution >= 4 is 23.3 Å². The fraction of sp³-hybridized carbons (Fsp3) is 0.176. The van der Waals surface area contributed by atoms with E-state index < -0.39 is 11.7 Å². The molecule has 1 N–H and O–H groups in total. The predicted molar refractivity (Wildman–Crippen MR) is 90.4 cm³/mol. The molecule has 0 fully saturated rings. The molecule has 3 heterocycles. The van der Waals surface area contributed by atoms with E-state index in [0.717, 1.165) is 5.56 Å². The highest BCUT2D eigenvalue weighted by molar-refractivity contribution is 6.31. The van der Waals surface area contributed by atoms with E-state index in [2.05, 4.69) is 20.4 Å². The van der Waals surface area contributed by atoms with Gasteiger partial charge in [-0.2, -0.15) is 9.78 Å². The Labute approximate surface area is 147 Å². The van der Waals surface area contributed by atoms with Gasteiger partial charge in [-0.15, -0.1) is 0 Å². The normalized spacial score (nSPS) is 16.4. The van der Waals surface area contributed by atoms with Crippen molar-refractivity contribution in [2.75, 3.05) is 5.32 Å². The van der Waals surface area contributed by atoms with Crippen LogP contribution in [0.15, 0.2) is 36.7 Å². The third-order valence-electron chi connectivity index (χ3n) is 4.19. The van der Waals surface area contributed by atoms with Gasteiger partial charge >= 0.3 is 0 Å². The molecule has 1 atom stereocenters. The van der Waals surface area contributed by atoms with Crippen LogP contribution >= 0.6 is 11.6 Å². The van der Waals surface area contributed by atoms with Gasteiger partial charge in [-0.3, -0.25) is 4.79 Å². The molecule has 0 radical (unpaired) electrons. The number of carbonyl (C=O) groups is 1. The van der Waals surface area contributed by atoms with Gasteiger partial charge in [0.15, 0.2) is 0 Å². The van der Waals surface area contributed by atoms with Crippen LogP contribution in [-0.2, 0) is 4.79 Å². The van der Waals surface area contributed by atoms with Gasteiger partial charge in [-0.1, -0.05) is 17.7 Å². The Morgan fingerprint density at radius 2 is 2.00 bits per heavy atom. The van der Waals surface area contributed by atoms with Gasteiger partial charge in [0.05, 0.1) is 5.69 Å². The molecule has 4 rings (SSSR count). The second kappa shape index (κ2) is 5.93. The summed E-state index contributed by atoms with van der Waals surface area (Å²) in [5, 5.41) is 7.53. The highest BCUT2D eigenvalue weighted by atomic mass is 35.5. The highest BCUT2D eigenvalue weighted by Gasteiger charge is 2.35. The summed E-state index contributed by atoms with van der Waals surface area (Å²) >= 11 is 6.23. The van der Waals surface area contributed by atoms with Crippen LogP contribution in [0.25, 0.3) is 5.95 Å². The minimum absolute atomic E-state index is 0.0931. The number of carbonyl (C=O) groups excluding carboxylic acids is 1. The number of aryl methyl sites for hydroxylation is 1. The van der Waals surface area contributed by atoms with Crippen molar-refractivity contribution in [2.24, 2.45) is 0 Å². The lowest BCUT2D eigenvalue weighted by molar-refractivity contribution is -0.116. The average Bonchev–Trinajstić information content (AvgIpc) is 2.92. The molecule has 1 aromatic carbocycles. The highest BCUT2D eigenvalue weighted by Crippen LogP contribution is 2.42.